The number of methoxy groups -OCH3 is 1. The van der Waals surface area contributed by atoms with Crippen LogP contribution in [0.5, 0.6) is 0 Å². The average Bonchev–Trinajstić information content (AvgIpc) is 2.68. The first-order valence-corrected chi connectivity index (χ1v) is 30.4. The molecule has 1 spiro atoms. The van der Waals surface area contributed by atoms with Crippen LogP contribution in [0, 0.1) is 16.7 Å². The normalized spacial score (nSPS) is 30.8. The Kier molecular flexibility index (Phi) is 14.0. The number of nitrogens with zero attached hydrogens (tertiary/aromatic N) is 6. The zero-order chi connectivity index (χ0) is 55.5. The van der Waals surface area contributed by atoms with E-state index in [-0.39, 0.29) is 47.6 Å². The van der Waals surface area contributed by atoms with E-state index in [9.17, 15) is 9.59 Å². The molecule has 17 nitrogen and oxygen atoms in total. The van der Waals surface area contributed by atoms with E-state index in [4.69, 9.17) is 38.1 Å². The van der Waals surface area contributed by atoms with E-state index in [0.717, 1.165) is 110 Å². The van der Waals surface area contributed by atoms with Crippen LogP contribution in [0.4, 0.5) is 0 Å². The molecule has 432 valence electrons. The van der Waals surface area contributed by atoms with Gasteiger partial charge in [0, 0.05) is 86.0 Å². The molecular formula is C63H86N8O9. The molecule has 80 heavy (non-hydrogen) atoms. The molecule has 1 aromatic carbocycles. The summed E-state index contributed by atoms with van der Waals surface area (Å²) in [7, 11) is 1.75. The number of nitrogens with one attached hydrogen (secondary N) is 2. The van der Waals surface area contributed by atoms with Gasteiger partial charge in [0.2, 0.25) is 5.89 Å². The quantitative estimate of drug-likeness (QED) is 0.129. The molecule has 9 fully saturated rings. The fourth-order valence-electron chi connectivity index (χ4n) is 15.2. The SMILES string of the molecule is CO[C@@H](C)c1ncc(C2CCN(C3CC3)CC2)cc1-c1c2c3cc(ccc3n1CCO[C@H]1CCOC(C)(C)C1)-c1coc(n1)[C@@H](N1CC3(CCC3)C1)[C@H](NC(=O)C13CC(C1)C(C)(C)O3)C(=O)N1CCC[C@H](N1)C(=O)OCC(C)(C)C2. The van der Waals surface area contributed by atoms with Gasteiger partial charge in [-0.3, -0.25) is 29.3 Å². The third-order valence-corrected chi connectivity index (χ3v) is 20.3. The van der Waals surface area contributed by atoms with Crippen molar-refractivity contribution >= 4 is 28.7 Å². The number of carbonyl (C=O) groups is 3. The molecule has 0 radical (unpaired) electrons. The van der Waals surface area contributed by atoms with Crippen molar-refractivity contribution in [2.24, 2.45) is 16.7 Å². The van der Waals surface area contributed by atoms with Crippen molar-refractivity contribution in [3.05, 3.63) is 59.4 Å². The van der Waals surface area contributed by atoms with Crippen LogP contribution in [0.25, 0.3) is 33.4 Å². The Balaban J connectivity index is 0.947. The van der Waals surface area contributed by atoms with Gasteiger partial charge in [-0.2, -0.15) is 0 Å². The second kappa shape index (κ2) is 20.5. The number of oxazole rings is 1. The van der Waals surface area contributed by atoms with Gasteiger partial charge in [0.15, 0.2) is 0 Å². The lowest BCUT2D eigenvalue weighted by molar-refractivity contribution is -0.161. The minimum absolute atomic E-state index is 0.0680. The highest BCUT2D eigenvalue weighted by Crippen LogP contribution is 2.58. The number of hydrogen-bond acceptors (Lipinski definition) is 14. The van der Waals surface area contributed by atoms with Crippen molar-refractivity contribution in [1.82, 2.24) is 40.1 Å². The molecule has 10 heterocycles. The molecule has 0 unspecified atom stereocenters. The van der Waals surface area contributed by atoms with Gasteiger partial charge in [0.25, 0.3) is 11.8 Å². The summed E-state index contributed by atoms with van der Waals surface area (Å²) >= 11 is 0. The van der Waals surface area contributed by atoms with Gasteiger partial charge >= 0.3 is 5.97 Å². The molecule has 6 saturated heterocycles. The first kappa shape index (κ1) is 54.5. The van der Waals surface area contributed by atoms with Gasteiger partial charge in [0.05, 0.1) is 48.0 Å². The second-order valence-electron chi connectivity index (χ2n) is 27.7. The number of amides is 2. The van der Waals surface area contributed by atoms with Crippen LogP contribution in [0.2, 0.25) is 0 Å². The summed E-state index contributed by atoms with van der Waals surface area (Å²) in [4.78, 5) is 60.3. The molecule has 3 aromatic heterocycles. The van der Waals surface area contributed by atoms with Crippen molar-refractivity contribution in [2.75, 3.05) is 59.7 Å². The number of rotatable bonds is 12. The highest BCUT2D eigenvalue weighted by atomic mass is 16.5. The topological polar surface area (TPSA) is 175 Å². The van der Waals surface area contributed by atoms with Crippen LogP contribution >= 0.6 is 0 Å². The summed E-state index contributed by atoms with van der Waals surface area (Å²) in [6.07, 6.45) is 16.3. The molecule has 8 bridgehead atoms. The summed E-state index contributed by atoms with van der Waals surface area (Å²) in [5, 5.41) is 5.86. The highest BCUT2D eigenvalue weighted by Gasteiger charge is 2.66. The number of pyridine rings is 1. The first-order chi connectivity index (χ1) is 38.3. The smallest absolute Gasteiger partial charge is 0.324 e. The maximum absolute atomic E-state index is 15.4. The summed E-state index contributed by atoms with van der Waals surface area (Å²) in [6.45, 7) is 20.7. The van der Waals surface area contributed by atoms with Crippen LogP contribution in [-0.2, 0) is 51.0 Å². The van der Waals surface area contributed by atoms with E-state index in [1.807, 2.05) is 13.8 Å². The Morgan fingerprint density at radius 1 is 0.938 bits per heavy atom. The lowest BCUT2D eigenvalue weighted by Gasteiger charge is -2.58. The number of esters is 1. The minimum Gasteiger partial charge on any atom is -0.464 e. The Morgan fingerprint density at radius 2 is 1.73 bits per heavy atom. The number of hydrogen-bond donors (Lipinski definition) is 2. The molecule has 4 aromatic rings. The average molecular weight is 1100 g/mol. The fraction of sp³-hybridized carbons (Fsp3) is 0.698. The Morgan fingerprint density at radius 3 is 2.42 bits per heavy atom. The van der Waals surface area contributed by atoms with E-state index >= 15 is 4.79 Å². The Bertz CT molecular complexity index is 3010. The molecule has 14 rings (SSSR count). The van der Waals surface area contributed by atoms with Gasteiger partial charge in [0.1, 0.15) is 35.7 Å². The molecule has 2 amide bonds. The summed E-state index contributed by atoms with van der Waals surface area (Å²) < 4.78 is 41.1. The standard InChI is InChI=1S/C63H86N8O9/c1-38(75-8)51-46(28-41(33-64-51)39-16-22-68(23-17-39)43-13-14-43)53-47-32-59(2,3)37-78-57(73)48-11-9-21-71(67-48)56(72)52(66-58(74)63-29-42(30-63)61(6,7)80-63)54(69-35-62(36-69)19-10-20-62)55-65-49(34-77-55)40-12-15-50(45(47)27-40)70(53)24-26-76-44-18-25-79-60(4,5)31-44/h12,15,27-28,33-34,38-39,42-44,48,52,54,67H,9-11,13-14,16-26,29-32,35-37H2,1-8H3,(H,66,74)/t38-,42?,44-,48-,52-,54-,63?/m0/s1. The predicted molar refractivity (Wildman–Crippen MR) is 301 cm³/mol. The predicted octanol–water partition coefficient (Wildman–Crippen LogP) is 8.97. The van der Waals surface area contributed by atoms with E-state index in [0.29, 0.717) is 75.9 Å². The number of cyclic esters (lactones) is 1. The number of benzene rings is 1. The third kappa shape index (κ3) is 10.1. The monoisotopic (exact) mass is 1100 g/mol. The van der Waals surface area contributed by atoms with E-state index in [2.05, 4.69) is 90.2 Å². The van der Waals surface area contributed by atoms with Gasteiger partial charge in [-0.1, -0.05) is 26.3 Å². The van der Waals surface area contributed by atoms with Gasteiger partial charge in [-0.05, 0) is 171 Å². The highest BCUT2D eigenvalue weighted by molar-refractivity contribution is 5.96. The number of carbonyl (C=O) groups excluding carboxylic acids is 3. The molecule has 5 atom stereocenters. The second-order valence-corrected chi connectivity index (χ2v) is 27.7. The molecule has 3 aliphatic carbocycles. The number of likely N-dealkylation sites (tertiary alicyclic amines) is 2. The summed E-state index contributed by atoms with van der Waals surface area (Å²) in [5.74, 6) is -0.0728. The number of fused-ring (bicyclic) bond motifs is 7. The van der Waals surface area contributed by atoms with E-state index < -0.39 is 40.7 Å². The van der Waals surface area contributed by atoms with Crippen molar-refractivity contribution in [2.45, 2.75) is 204 Å². The van der Waals surface area contributed by atoms with Crippen LogP contribution in [0.3, 0.4) is 0 Å². The molecule has 2 N–H and O–H groups in total. The van der Waals surface area contributed by atoms with Gasteiger partial charge in [-0.25, -0.2) is 10.4 Å². The maximum atomic E-state index is 15.4. The molecule has 3 saturated carbocycles. The lowest BCUT2D eigenvalue weighted by Crippen LogP contribution is -2.68. The van der Waals surface area contributed by atoms with E-state index in [1.54, 1.807) is 13.4 Å². The van der Waals surface area contributed by atoms with Crippen LogP contribution in [0.15, 0.2) is 41.1 Å². The minimum atomic E-state index is -1.11. The van der Waals surface area contributed by atoms with Crippen LogP contribution in [0.1, 0.15) is 173 Å². The van der Waals surface area contributed by atoms with E-state index in [1.165, 1.54) is 29.8 Å². The Labute approximate surface area is 471 Å². The number of aromatic nitrogens is 3. The zero-order valence-corrected chi connectivity index (χ0v) is 48.7. The molecule has 10 aliphatic rings. The third-order valence-electron chi connectivity index (χ3n) is 20.3. The van der Waals surface area contributed by atoms with Crippen LogP contribution < -0.4 is 10.7 Å². The largest absolute Gasteiger partial charge is 0.464 e. The van der Waals surface area contributed by atoms with Crippen LogP contribution in [-0.4, -0.2) is 148 Å². The fourth-order valence-corrected chi connectivity index (χ4v) is 15.2. The lowest BCUT2D eigenvalue weighted by atomic mass is 9.63. The van der Waals surface area contributed by atoms with Crippen molar-refractivity contribution in [1.29, 1.82) is 0 Å². The van der Waals surface area contributed by atoms with Crippen molar-refractivity contribution in [3.63, 3.8) is 0 Å². The van der Waals surface area contributed by atoms with Crippen molar-refractivity contribution < 1.29 is 42.5 Å². The summed E-state index contributed by atoms with van der Waals surface area (Å²) in [5.41, 5.74) is 9.04. The molecule has 7 aliphatic heterocycles. The first-order valence-electron chi connectivity index (χ1n) is 30.4. The maximum Gasteiger partial charge on any atom is 0.324 e. The number of hydrazine groups is 1. The Hall–Kier alpha value is -4.75. The van der Waals surface area contributed by atoms with Crippen molar-refractivity contribution in [3.8, 4) is 22.5 Å². The number of ether oxygens (including phenoxy) is 5. The molecular weight excluding hydrogens is 1010 g/mol. The number of piperidine rings is 1. The van der Waals surface area contributed by atoms with Gasteiger partial charge in [-0.15, -0.1) is 0 Å². The van der Waals surface area contributed by atoms with Gasteiger partial charge < -0.3 is 42.9 Å². The summed E-state index contributed by atoms with van der Waals surface area (Å²) in [6, 6.07) is 7.09. The zero-order valence-electron chi connectivity index (χ0n) is 48.7. The molecule has 17 heteroatoms.